The first kappa shape index (κ1) is 21.2. The number of hydrogen-bond donors (Lipinski definition) is 6. The lowest BCUT2D eigenvalue weighted by Crippen LogP contribution is -2.31. The Labute approximate surface area is 165 Å². The van der Waals surface area contributed by atoms with Crippen LogP contribution >= 0.6 is 0 Å². The van der Waals surface area contributed by atoms with E-state index >= 15 is 0 Å². The zero-order valence-corrected chi connectivity index (χ0v) is 15.5. The number of carbonyl (C=O) groups excluding carboxylic acids is 4. The van der Waals surface area contributed by atoms with E-state index in [1.54, 1.807) is 18.2 Å². The second-order valence-electron chi connectivity index (χ2n) is 5.94. The summed E-state index contributed by atoms with van der Waals surface area (Å²) in [7, 11) is 0. The van der Waals surface area contributed by atoms with Crippen LogP contribution in [0.15, 0.2) is 41.3 Å². The zero-order chi connectivity index (χ0) is 21.4. The van der Waals surface area contributed by atoms with Crippen molar-refractivity contribution >= 4 is 40.8 Å². The Hall–Kier alpha value is -4.15. The van der Waals surface area contributed by atoms with Gasteiger partial charge in [0.1, 0.15) is 5.56 Å². The van der Waals surface area contributed by atoms with Crippen LogP contribution in [0.2, 0.25) is 0 Å². The van der Waals surface area contributed by atoms with Crippen molar-refractivity contribution < 1.29 is 19.2 Å². The van der Waals surface area contributed by atoms with Crippen LogP contribution in [0.1, 0.15) is 23.7 Å². The van der Waals surface area contributed by atoms with E-state index in [-0.39, 0.29) is 30.1 Å². The van der Waals surface area contributed by atoms with Gasteiger partial charge in [0.05, 0.1) is 5.69 Å². The SMILES string of the molecule is CC(=O)Nc1c[nH]c(=O)c(C(=O)Nc2cccc(NC(=O)NCCC(N)=O)c2)c1. The van der Waals surface area contributed by atoms with Crippen LogP contribution in [-0.4, -0.2) is 35.3 Å². The van der Waals surface area contributed by atoms with Crippen LogP contribution in [-0.2, 0) is 9.59 Å². The van der Waals surface area contributed by atoms with E-state index in [0.29, 0.717) is 11.4 Å². The number of pyridine rings is 1. The summed E-state index contributed by atoms with van der Waals surface area (Å²) >= 11 is 0. The van der Waals surface area contributed by atoms with Crippen LogP contribution in [0.5, 0.6) is 0 Å². The van der Waals surface area contributed by atoms with Gasteiger partial charge in [-0.25, -0.2) is 4.79 Å². The van der Waals surface area contributed by atoms with E-state index in [1.165, 1.54) is 25.3 Å². The van der Waals surface area contributed by atoms with Crippen LogP contribution < -0.4 is 32.6 Å². The van der Waals surface area contributed by atoms with Gasteiger partial charge in [-0.05, 0) is 24.3 Å². The predicted octanol–water partition coefficient (Wildman–Crippen LogP) is 0.583. The highest BCUT2D eigenvalue weighted by Crippen LogP contribution is 2.16. The molecule has 0 aliphatic rings. The molecule has 11 nitrogen and oxygen atoms in total. The Morgan fingerprint density at radius 1 is 1.00 bits per heavy atom. The molecule has 7 N–H and O–H groups in total. The standard InChI is InChI=1S/C18H20N6O5/c1-10(25)22-13-8-14(16(27)21-9-13)17(28)23-11-3-2-4-12(7-11)24-18(29)20-6-5-15(19)26/h2-4,7-9H,5-6H2,1H3,(H2,19,26)(H,21,27)(H,22,25)(H,23,28)(H2,20,24,29). The maximum absolute atomic E-state index is 12.4. The summed E-state index contributed by atoms with van der Waals surface area (Å²) < 4.78 is 0. The van der Waals surface area contributed by atoms with Crippen molar-refractivity contribution in [3.05, 3.63) is 52.4 Å². The lowest BCUT2D eigenvalue weighted by atomic mass is 10.2. The highest BCUT2D eigenvalue weighted by atomic mass is 16.2. The summed E-state index contributed by atoms with van der Waals surface area (Å²) in [4.78, 5) is 60.3. The van der Waals surface area contributed by atoms with Crippen molar-refractivity contribution in [2.75, 3.05) is 22.5 Å². The molecular formula is C18H20N6O5. The number of anilines is 3. The van der Waals surface area contributed by atoms with Gasteiger partial charge in [0, 0.05) is 37.5 Å². The lowest BCUT2D eigenvalue weighted by Gasteiger charge is -2.10. The molecule has 2 rings (SSSR count). The lowest BCUT2D eigenvalue weighted by molar-refractivity contribution is -0.118. The fourth-order valence-corrected chi connectivity index (χ4v) is 2.28. The van der Waals surface area contributed by atoms with Gasteiger partial charge >= 0.3 is 6.03 Å². The van der Waals surface area contributed by atoms with Crippen molar-refractivity contribution in [2.45, 2.75) is 13.3 Å². The third-order valence-corrected chi connectivity index (χ3v) is 3.50. The molecule has 1 heterocycles. The van der Waals surface area contributed by atoms with Gasteiger partial charge < -0.3 is 32.0 Å². The monoisotopic (exact) mass is 400 g/mol. The van der Waals surface area contributed by atoms with E-state index in [0.717, 1.165) is 0 Å². The summed E-state index contributed by atoms with van der Waals surface area (Å²) in [6, 6.07) is 6.94. The molecule has 0 atom stereocenters. The normalized spacial score (nSPS) is 9.97. The van der Waals surface area contributed by atoms with Gasteiger partial charge in [-0.15, -0.1) is 0 Å². The number of primary amides is 1. The molecule has 0 saturated heterocycles. The van der Waals surface area contributed by atoms with Gasteiger partial charge in [-0.1, -0.05) is 6.07 Å². The second kappa shape index (κ2) is 9.69. The van der Waals surface area contributed by atoms with E-state index in [4.69, 9.17) is 5.73 Å². The average molecular weight is 400 g/mol. The molecule has 1 aromatic heterocycles. The van der Waals surface area contributed by atoms with Crippen LogP contribution in [0, 0.1) is 0 Å². The first-order valence-corrected chi connectivity index (χ1v) is 8.49. The van der Waals surface area contributed by atoms with Crippen molar-refractivity contribution in [1.29, 1.82) is 0 Å². The van der Waals surface area contributed by atoms with E-state index in [2.05, 4.69) is 26.3 Å². The summed E-state index contributed by atoms with van der Waals surface area (Å²) in [6.07, 6.45) is 1.29. The van der Waals surface area contributed by atoms with Crippen LogP contribution in [0.25, 0.3) is 0 Å². The number of amides is 5. The molecule has 0 aliphatic carbocycles. The number of benzene rings is 1. The van der Waals surface area contributed by atoms with Crippen molar-refractivity contribution in [2.24, 2.45) is 5.73 Å². The van der Waals surface area contributed by atoms with Gasteiger partial charge in [0.2, 0.25) is 11.8 Å². The molecule has 0 saturated carbocycles. The molecule has 1 aromatic carbocycles. The third kappa shape index (κ3) is 6.82. The van der Waals surface area contributed by atoms with E-state index < -0.39 is 23.4 Å². The Balaban J connectivity index is 2.05. The second-order valence-corrected chi connectivity index (χ2v) is 5.94. The summed E-state index contributed by atoms with van der Waals surface area (Å²) in [6.45, 7) is 1.39. The summed E-state index contributed by atoms with van der Waals surface area (Å²) in [5.74, 6) is -1.58. The zero-order valence-electron chi connectivity index (χ0n) is 15.5. The summed E-state index contributed by atoms with van der Waals surface area (Å²) in [5.41, 5.74) is 5.14. The average Bonchev–Trinajstić information content (AvgIpc) is 2.62. The smallest absolute Gasteiger partial charge is 0.319 e. The molecule has 0 unspecified atom stereocenters. The minimum atomic E-state index is -0.693. The number of aromatic nitrogens is 1. The molecule has 0 radical (unpaired) electrons. The number of hydrogen-bond acceptors (Lipinski definition) is 5. The maximum Gasteiger partial charge on any atom is 0.319 e. The Kier molecular flexibility index (Phi) is 7.07. The van der Waals surface area contributed by atoms with Gasteiger partial charge in [0.25, 0.3) is 11.5 Å². The first-order chi connectivity index (χ1) is 13.7. The summed E-state index contributed by atoms with van der Waals surface area (Å²) in [5, 5.41) is 10.0. The van der Waals surface area contributed by atoms with Gasteiger partial charge in [-0.3, -0.25) is 19.2 Å². The van der Waals surface area contributed by atoms with Crippen LogP contribution in [0.3, 0.4) is 0 Å². The number of H-pyrrole nitrogens is 1. The molecule has 5 amide bonds. The Morgan fingerprint density at radius 2 is 1.69 bits per heavy atom. The molecular weight excluding hydrogens is 380 g/mol. The molecule has 0 spiro atoms. The third-order valence-electron chi connectivity index (χ3n) is 3.50. The van der Waals surface area contributed by atoms with Crippen LogP contribution in [0.4, 0.5) is 21.9 Å². The number of nitrogens with two attached hydrogens (primary N) is 1. The molecule has 11 heteroatoms. The predicted molar refractivity (Wildman–Crippen MR) is 107 cm³/mol. The molecule has 0 aliphatic heterocycles. The molecule has 29 heavy (non-hydrogen) atoms. The number of aromatic amines is 1. The van der Waals surface area contributed by atoms with E-state index in [9.17, 15) is 24.0 Å². The Bertz CT molecular complexity index is 1000. The fraction of sp³-hybridized carbons (Fsp3) is 0.167. The highest BCUT2D eigenvalue weighted by molar-refractivity contribution is 6.05. The molecule has 152 valence electrons. The van der Waals surface area contributed by atoms with Crippen molar-refractivity contribution in [3.63, 3.8) is 0 Å². The first-order valence-electron chi connectivity index (χ1n) is 8.49. The molecule has 2 aromatic rings. The Morgan fingerprint density at radius 3 is 2.34 bits per heavy atom. The number of urea groups is 1. The number of carbonyl (C=O) groups is 4. The van der Waals surface area contributed by atoms with Gasteiger partial charge in [-0.2, -0.15) is 0 Å². The van der Waals surface area contributed by atoms with Crippen molar-refractivity contribution in [1.82, 2.24) is 10.3 Å². The van der Waals surface area contributed by atoms with E-state index in [1.807, 2.05) is 0 Å². The number of nitrogens with one attached hydrogen (secondary N) is 5. The maximum atomic E-state index is 12.4. The van der Waals surface area contributed by atoms with Gasteiger partial charge in [0.15, 0.2) is 0 Å². The number of rotatable bonds is 7. The topological polar surface area (TPSA) is 175 Å². The minimum absolute atomic E-state index is 0.00954. The largest absolute Gasteiger partial charge is 0.370 e. The quantitative estimate of drug-likeness (QED) is 0.398. The fourth-order valence-electron chi connectivity index (χ4n) is 2.28. The highest BCUT2D eigenvalue weighted by Gasteiger charge is 2.13. The minimum Gasteiger partial charge on any atom is -0.370 e. The molecule has 0 bridgehead atoms. The van der Waals surface area contributed by atoms with Crippen molar-refractivity contribution in [3.8, 4) is 0 Å². The molecule has 0 fully saturated rings.